The Morgan fingerprint density at radius 3 is 2.56 bits per heavy atom. The van der Waals surface area contributed by atoms with Gasteiger partial charge >= 0.3 is 0 Å². The first kappa shape index (κ1) is 19.2. The van der Waals surface area contributed by atoms with E-state index in [0.29, 0.717) is 38.0 Å². The summed E-state index contributed by atoms with van der Waals surface area (Å²) in [5, 5.41) is 1.40. The van der Waals surface area contributed by atoms with Crippen molar-refractivity contribution >= 4 is 45.9 Å². The molecule has 0 saturated carbocycles. The normalized spacial score (nSPS) is 12.0. The number of fused-ring (bicyclic) bond motifs is 1. The largest absolute Gasteiger partial charge is 0.479 e. The molecule has 140 valence electrons. The summed E-state index contributed by atoms with van der Waals surface area (Å²) in [4.78, 5) is 25.3. The molecule has 0 fully saturated rings. The molecule has 6 nitrogen and oxygen atoms in total. The van der Waals surface area contributed by atoms with Crippen molar-refractivity contribution < 1.29 is 14.3 Å². The SMILES string of the molecule is Cc1c(C(=O)NN)c2ccccc2n1C(=O)[C@@H](C)Oc1ccc(Cl)cc1Cl. The highest BCUT2D eigenvalue weighted by atomic mass is 35.5. The number of nitrogens with zero attached hydrogens (tertiary/aromatic N) is 1. The van der Waals surface area contributed by atoms with Crippen LogP contribution in [0.4, 0.5) is 0 Å². The van der Waals surface area contributed by atoms with E-state index in [4.69, 9.17) is 33.8 Å². The van der Waals surface area contributed by atoms with Crippen molar-refractivity contribution in [2.45, 2.75) is 20.0 Å². The Morgan fingerprint density at radius 2 is 1.89 bits per heavy atom. The van der Waals surface area contributed by atoms with Crippen molar-refractivity contribution in [3.05, 3.63) is 63.8 Å². The van der Waals surface area contributed by atoms with Crippen LogP contribution < -0.4 is 16.0 Å². The number of ether oxygens (including phenoxy) is 1. The molecule has 0 radical (unpaired) electrons. The van der Waals surface area contributed by atoms with E-state index in [1.54, 1.807) is 50.2 Å². The van der Waals surface area contributed by atoms with Gasteiger partial charge in [-0.05, 0) is 38.1 Å². The number of carbonyl (C=O) groups is 2. The summed E-state index contributed by atoms with van der Waals surface area (Å²) in [6.45, 7) is 3.30. The lowest BCUT2D eigenvalue weighted by Gasteiger charge is -2.17. The maximum atomic E-state index is 13.1. The van der Waals surface area contributed by atoms with Crippen molar-refractivity contribution in [3.8, 4) is 5.75 Å². The summed E-state index contributed by atoms with van der Waals surface area (Å²) in [6.07, 6.45) is -0.855. The summed E-state index contributed by atoms with van der Waals surface area (Å²) in [7, 11) is 0. The molecule has 1 aromatic heterocycles. The van der Waals surface area contributed by atoms with Gasteiger partial charge in [-0.1, -0.05) is 41.4 Å². The van der Waals surface area contributed by atoms with Crippen molar-refractivity contribution in [2.75, 3.05) is 0 Å². The number of amides is 1. The van der Waals surface area contributed by atoms with Crippen LogP contribution in [0.1, 0.15) is 27.8 Å². The van der Waals surface area contributed by atoms with E-state index in [9.17, 15) is 9.59 Å². The number of hydrazine groups is 1. The highest BCUT2D eigenvalue weighted by Gasteiger charge is 2.26. The number of nitrogens with two attached hydrogens (primary N) is 1. The number of rotatable bonds is 4. The van der Waals surface area contributed by atoms with Crippen LogP contribution in [0, 0.1) is 6.92 Å². The van der Waals surface area contributed by atoms with E-state index in [2.05, 4.69) is 5.43 Å². The monoisotopic (exact) mass is 405 g/mol. The van der Waals surface area contributed by atoms with Gasteiger partial charge < -0.3 is 4.74 Å². The zero-order chi connectivity index (χ0) is 19.7. The molecule has 1 heterocycles. The van der Waals surface area contributed by atoms with Crippen molar-refractivity contribution in [1.29, 1.82) is 0 Å². The number of hydrogen-bond acceptors (Lipinski definition) is 4. The molecule has 3 aromatic rings. The van der Waals surface area contributed by atoms with Crippen molar-refractivity contribution in [2.24, 2.45) is 5.84 Å². The first-order chi connectivity index (χ1) is 12.8. The Hall–Kier alpha value is -2.54. The average Bonchev–Trinajstić information content (AvgIpc) is 2.94. The van der Waals surface area contributed by atoms with Gasteiger partial charge in [-0.25, -0.2) is 5.84 Å². The second kappa shape index (κ2) is 7.60. The minimum atomic E-state index is -0.855. The molecule has 0 saturated heterocycles. The summed E-state index contributed by atoms with van der Waals surface area (Å²) in [6, 6.07) is 11.9. The minimum Gasteiger partial charge on any atom is -0.479 e. The van der Waals surface area contributed by atoms with Crippen molar-refractivity contribution in [3.63, 3.8) is 0 Å². The fourth-order valence-electron chi connectivity index (χ4n) is 3.00. The standard InChI is InChI=1S/C19H17Cl2N3O3/c1-10-17(18(25)23-22)13-5-3-4-6-15(13)24(10)19(26)11(2)27-16-8-7-12(20)9-14(16)21/h3-9,11H,22H2,1-2H3,(H,23,25)/t11-/m1/s1. The van der Waals surface area contributed by atoms with E-state index in [1.807, 2.05) is 0 Å². The number of nitrogen functional groups attached to an aromatic ring is 1. The van der Waals surface area contributed by atoms with Gasteiger partial charge in [0.15, 0.2) is 6.10 Å². The Labute approximate surface area is 165 Å². The highest BCUT2D eigenvalue weighted by molar-refractivity contribution is 6.35. The van der Waals surface area contributed by atoms with Gasteiger partial charge in [-0.3, -0.25) is 19.6 Å². The second-order valence-corrected chi connectivity index (χ2v) is 6.80. The predicted octanol–water partition coefficient (Wildman–Crippen LogP) is 3.97. The molecule has 3 rings (SSSR count). The quantitative estimate of drug-likeness (QED) is 0.390. The Morgan fingerprint density at radius 1 is 1.19 bits per heavy atom. The van der Waals surface area contributed by atoms with Crippen LogP contribution >= 0.6 is 23.2 Å². The van der Waals surface area contributed by atoms with Gasteiger partial charge in [-0.15, -0.1) is 0 Å². The summed E-state index contributed by atoms with van der Waals surface area (Å²) >= 11 is 12.0. The van der Waals surface area contributed by atoms with E-state index < -0.39 is 12.0 Å². The fraction of sp³-hybridized carbons (Fsp3) is 0.158. The number of para-hydroxylation sites is 1. The molecule has 0 unspecified atom stereocenters. The van der Waals surface area contributed by atoms with Gasteiger partial charge in [0.2, 0.25) is 0 Å². The Bertz CT molecular complexity index is 1050. The molecule has 27 heavy (non-hydrogen) atoms. The summed E-state index contributed by atoms with van der Waals surface area (Å²) in [5.41, 5.74) is 3.54. The second-order valence-electron chi connectivity index (χ2n) is 5.96. The van der Waals surface area contributed by atoms with Crippen LogP contribution in [0.5, 0.6) is 5.75 Å². The maximum absolute atomic E-state index is 13.1. The molecule has 1 atom stereocenters. The molecule has 0 aliphatic carbocycles. The topological polar surface area (TPSA) is 86.4 Å². The Balaban J connectivity index is 2.02. The predicted molar refractivity (Wildman–Crippen MR) is 106 cm³/mol. The zero-order valence-corrected chi connectivity index (χ0v) is 16.1. The van der Waals surface area contributed by atoms with Crippen LogP contribution in [0.3, 0.4) is 0 Å². The molecular formula is C19H17Cl2N3O3. The molecule has 0 spiro atoms. The molecular weight excluding hydrogens is 389 g/mol. The first-order valence-corrected chi connectivity index (χ1v) is 8.87. The number of nitrogens with one attached hydrogen (secondary N) is 1. The molecule has 0 bridgehead atoms. The lowest BCUT2D eigenvalue weighted by atomic mass is 10.1. The highest BCUT2D eigenvalue weighted by Crippen LogP contribution is 2.30. The number of benzene rings is 2. The fourth-order valence-corrected chi connectivity index (χ4v) is 3.46. The Kier molecular flexibility index (Phi) is 5.41. The summed E-state index contributed by atoms with van der Waals surface area (Å²) < 4.78 is 7.18. The van der Waals surface area contributed by atoms with Gasteiger partial charge in [0.25, 0.3) is 11.8 Å². The van der Waals surface area contributed by atoms with Crippen LogP contribution in [0.2, 0.25) is 10.0 Å². The van der Waals surface area contributed by atoms with Crippen LogP contribution in [0.25, 0.3) is 10.9 Å². The summed E-state index contributed by atoms with van der Waals surface area (Å²) in [5.74, 6) is 4.83. The third kappa shape index (κ3) is 3.51. The van der Waals surface area contributed by atoms with E-state index in [-0.39, 0.29) is 5.91 Å². The maximum Gasteiger partial charge on any atom is 0.272 e. The lowest BCUT2D eigenvalue weighted by molar-refractivity contribution is 0.0731. The molecule has 3 N–H and O–H groups in total. The smallest absolute Gasteiger partial charge is 0.272 e. The third-order valence-electron chi connectivity index (χ3n) is 4.24. The molecule has 1 amide bonds. The number of hydrogen-bond donors (Lipinski definition) is 2. The molecule has 0 aliphatic rings. The molecule has 8 heteroatoms. The van der Waals surface area contributed by atoms with E-state index >= 15 is 0 Å². The third-order valence-corrected chi connectivity index (χ3v) is 4.77. The number of halogens is 2. The van der Waals surface area contributed by atoms with Gasteiger partial charge in [0, 0.05) is 16.1 Å². The van der Waals surface area contributed by atoms with E-state index in [0.717, 1.165) is 0 Å². The van der Waals surface area contributed by atoms with Gasteiger partial charge in [0.1, 0.15) is 5.75 Å². The zero-order valence-electron chi connectivity index (χ0n) is 14.6. The van der Waals surface area contributed by atoms with Gasteiger partial charge in [-0.2, -0.15) is 0 Å². The first-order valence-electron chi connectivity index (χ1n) is 8.12. The van der Waals surface area contributed by atoms with Gasteiger partial charge in [0.05, 0.1) is 16.1 Å². The van der Waals surface area contributed by atoms with Crippen molar-refractivity contribution in [1.82, 2.24) is 9.99 Å². The molecule has 2 aromatic carbocycles. The lowest BCUT2D eigenvalue weighted by Crippen LogP contribution is -2.32. The van der Waals surface area contributed by atoms with Crippen LogP contribution in [0.15, 0.2) is 42.5 Å². The van der Waals surface area contributed by atoms with E-state index in [1.165, 1.54) is 10.6 Å². The van der Waals surface area contributed by atoms with Crippen LogP contribution in [-0.2, 0) is 0 Å². The number of aromatic nitrogens is 1. The molecule has 0 aliphatic heterocycles. The number of carbonyl (C=O) groups excluding carboxylic acids is 2. The average molecular weight is 406 g/mol. The minimum absolute atomic E-state index is 0.305. The van der Waals surface area contributed by atoms with Crippen LogP contribution in [-0.4, -0.2) is 22.5 Å².